The van der Waals surface area contributed by atoms with Gasteiger partial charge in [-0.15, -0.1) is 0 Å². The van der Waals surface area contributed by atoms with Crippen LogP contribution in [0.3, 0.4) is 0 Å². The molecule has 0 unspecified atom stereocenters. The smallest absolute Gasteiger partial charge is 0.168 e. The SMILES string of the molecule is CCc1cc(C)ccc1[SH](=O)=O.CN. The molecule has 0 bridgehead atoms. The highest BCUT2D eigenvalue weighted by molar-refractivity contribution is 7.72. The minimum Gasteiger partial charge on any atom is -0.333 e. The molecule has 3 nitrogen and oxygen atoms in total. The molecular weight excluding hydrogens is 198 g/mol. The number of nitrogens with two attached hydrogens (primary N) is 1. The van der Waals surface area contributed by atoms with Crippen molar-refractivity contribution in [2.24, 2.45) is 5.73 Å². The molecule has 1 aromatic rings. The van der Waals surface area contributed by atoms with Gasteiger partial charge in [-0.3, -0.25) is 0 Å². The number of rotatable bonds is 2. The van der Waals surface area contributed by atoms with Crippen molar-refractivity contribution >= 4 is 10.7 Å². The average molecular weight is 215 g/mol. The van der Waals surface area contributed by atoms with Gasteiger partial charge in [0.15, 0.2) is 10.7 Å². The van der Waals surface area contributed by atoms with Crippen molar-refractivity contribution in [2.75, 3.05) is 7.05 Å². The molecule has 0 heterocycles. The van der Waals surface area contributed by atoms with E-state index >= 15 is 0 Å². The van der Waals surface area contributed by atoms with Gasteiger partial charge in [0.1, 0.15) is 0 Å². The summed E-state index contributed by atoms with van der Waals surface area (Å²) in [5, 5.41) is 0. The quantitative estimate of drug-likeness (QED) is 0.726. The fraction of sp³-hybridized carbons (Fsp3) is 0.400. The standard InChI is InChI=1S/C9H12O2S.CH5N/c1-3-8-6-7(2)4-5-9(8)12(10)11;1-2/h4-6,12H,3H2,1-2H3;2H2,1H3. The Morgan fingerprint density at radius 2 is 1.86 bits per heavy atom. The van der Waals surface area contributed by atoms with Crippen molar-refractivity contribution in [3.63, 3.8) is 0 Å². The molecule has 0 saturated heterocycles. The first kappa shape index (κ1) is 13.1. The van der Waals surface area contributed by atoms with E-state index in [4.69, 9.17) is 0 Å². The van der Waals surface area contributed by atoms with E-state index in [9.17, 15) is 8.42 Å². The monoisotopic (exact) mass is 215 g/mol. The first-order chi connectivity index (χ1) is 6.65. The van der Waals surface area contributed by atoms with Crippen LogP contribution in [0, 0.1) is 6.92 Å². The van der Waals surface area contributed by atoms with E-state index < -0.39 is 10.7 Å². The first-order valence-corrected chi connectivity index (χ1v) is 5.64. The van der Waals surface area contributed by atoms with E-state index in [1.54, 1.807) is 6.07 Å². The summed E-state index contributed by atoms with van der Waals surface area (Å²) in [6, 6.07) is 5.40. The van der Waals surface area contributed by atoms with E-state index in [-0.39, 0.29) is 0 Å². The number of aryl methyl sites for hydroxylation is 2. The van der Waals surface area contributed by atoms with Gasteiger partial charge < -0.3 is 5.73 Å². The van der Waals surface area contributed by atoms with Crippen LogP contribution in [0.1, 0.15) is 18.1 Å². The Bertz CT molecular complexity index is 351. The Labute approximate surface area is 86.9 Å². The summed E-state index contributed by atoms with van der Waals surface area (Å²) in [6.07, 6.45) is 0.764. The second-order valence-electron chi connectivity index (χ2n) is 2.74. The molecule has 0 atom stereocenters. The minimum atomic E-state index is -2.43. The molecule has 0 fully saturated rings. The molecule has 1 rings (SSSR count). The second kappa shape index (κ2) is 6.56. The van der Waals surface area contributed by atoms with Crippen LogP contribution in [-0.2, 0) is 17.1 Å². The van der Waals surface area contributed by atoms with Crippen molar-refractivity contribution in [2.45, 2.75) is 25.2 Å². The minimum absolute atomic E-state index is 0.457. The van der Waals surface area contributed by atoms with Crippen LogP contribution in [0.2, 0.25) is 0 Å². The van der Waals surface area contributed by atoms with Gasteiger partial charge in [-0.1, -0.05) is 24.6 Å². The molecular formula is C10H17NO2S. The maximum absolute atomic E-state index is 10.7. The third-order valence-electron chi connectivity index (χ3n) is 1.81. The Balaban J connectivity index is 0.000000791. The molecule has 0 saturated carbocycles. The maximum atomic E-state index is 10.7. The van der Waals surface area contributed by atoms with Crippen molar-refractivity contribution < 1.29 is 8.42 Å². The summed E-state index contributed by atoms with van der Waals surface area (Å²) >= 11 is 0. The Morgan fingerprint density at radius 1 is 1.29 bits per heavy atom. The Kier molecular flexibility index (Phi) is 6.16. The van der Waals surface area contributed by atoms with Gasteiger partial charge in [0.05, 0.1) is 4.90 Å². The predicted molar refractivity (Wildman–Crippen MR) is 59.2 cm³/mol. The van der Waals surface area contributed by atoms with E-state index in [0.29, 0.717) is 4.90 Å². The van der Waals surface area contributed by atoms with Gasteiger partial charge in [0.2, 0.25) is 0 Å². The second-order valence-corrected chi connectivity index (χ2v) is 3.74. The van der Waals surface area contributed by atoms with Gasteiger partial charge >= 0.3 is 0 Å². The molecule has 0 aliphatic rings. The van der Waals surface area contributed by atoms with Crippen molar-refractivity contribution in [1.29, 1.82) is 0 Å². The van der Waals surface area contributed by atoms with Gasteiger partial charge in [-0.25, -0.2) is 8.42 Å². The van der Waals surface area contributed by atoms with Crippen LogP contribution in [-0.4, -0.2) is 15.5 Å². The summed E-state index contributed by atoms with van der Waals surface area (Å²) in [5.74, 6) is 0. The summed E-state index contributed by atoms with van der Waals surface area (Å²) in [4.78, 5) is 0.457. The van der Waals surface area contributed by atoms with E-state index in [0.717, 1.165) is 17.5 Å². The zero-order valence-electron chi connectivity index (χ0n) is 8.78. The molecule has 0 aliphatic heterocycles. The lowest BCUT2D eigenvalue weighted by Crippen LogP contribution is -1.90. The topological polar surface area (TPSA) is 60.2 Å². The Morgan fingerprint density at radius 3 is 2.29 bits per heavy atom. The number of benzene rings is 1. The van der Waals surface area contributed by atoms with Crippen LogP contribution < -0.4 is 5.73 Å². The lowest BCUT2D eigenvalue weighted by Gasteiger charge is -2.01. The van der Waals surface area contributed by atoms with Crippen LogP contribution in [0.4, 0.5) is 0 Å². The van der Waals surface area contributed by atoms with Crippen LogP contribution in [0.25, 0.3) is 0 Å². The van der Waals surface area contributed by atoms with E-state index in [2.05, 4.69) is 5.73 Å². The van der Waals surface area contributed by atoms with Crippen LogP contribution in [0.15, 0.2) is 23.1 Å². The first-order valence-electron chi connectivity index (χ1n) is 4.46. The highest BCUT2D eigenvalue weighted by atomic mass is 32.2. The average Bonchev–Trinajstić information content (AvgIpc) is 2.20. The maximum Gasteiger partial charge on any atom is 0.168 e. The van der Waals surface area contributed by atoms with Crippen LogP contribution in [0.5, 0.6) is 0 Å². The molecule has 14 heavy (non-hydrogen) atoms. The van der Waals surface area contributed by atoms with Crippen molar-refractivity contribution in [3.8, 4) is 0 Å². The fourth-order valence-electron chi connectivity index (χ4n) is 1.18. The molecule has 0 radical (unpaired) electrons. The number of thiol groups is 1. The highest BCUT2D eigenvalue weighted by Gasteiger charge is 2.01. The van der Waals surface area contributed by atoms with Crippen molar-refractivity contribution in [1.82, 2.24) is 0 Å². The largest absolute Gasteiger partial charge is 0.333 e. The van der Waals surface area contributed by atoms with E-state index in [1.165, 1.54) is 7.05 Å². The van der Waals surface area contributed by atoms with Gasteiger partial charge in [0.25, 0.3) is 0 Å². The molecule has 80 valence electrons. The Hall–Kier alpha value is -0.870. The number of hydrogen-bond acceptors (Lipinski definition) is 3. The number of hydrogen-bond donors (Lipinski definition) is 2. The fourth-order valence-corrected chi connectivity index (χ4v) is 1.83. The lowest BCUT2D eigenvalue weighted by atomic mass is 10.1. The highest BCUT2D eigenvalue weighted by Crippen LogP contribution is 2.13. The van der Waals surface area contributed by atoms with Crippen LogP contribution >= 0.6 is 0 Å². The zero-order valence-corrected chi connectivity index (χ0v) is 9.67. The normalized spacial score (nSPS) is 9.50. The summed E-state index contributed by atoms with van der Waals surface area (Å²) in [5.41, 5.74) is 6.51. The summed E-state index contributed by atoms with van der Waals surface area (Å²) < 4.78 is 21.5. The zero-order chi connectivity index (χ0) is 11.1. The summed E-state index contributed by atoms with van der Waals surface area (Å²) in [6.45, 7) is 3.91. The molecule has 2 N–H and O–H groups in total. The predicted octanol–water partition coefficient (Wildman–Crippen LogP) is 1.10. The van der Waals surface area contributed by atoms with Gasteiger partial charge in [0, 0.05) is 0 Å². The molecule has 0 amide bonds. The van der Waals surface area contributed by atoms with E-state index in [1.807, 2.05) is 26.0 Å². The third kappa shape index (κ3) is 3.47. The molecule has 0 aliphatic carbocycles. The molecule has 4 heteroatoms. The van der Waals surface area contributed by atoms with Crippen molar-refractivity contribution in [3.05, 3.63) is 29.3 Å². The van der Waals surface area contributed by atoms with Gasteiger partial charge in [-0.2, -0.15) is 0 Å². The molecule has 1 aromatic carbocycles. The summed E-state index contributed by atoms with van der Waals surface area (Å²) in [7, 11) is -0.935. The molecule has 0 spiro atoms. The lowest BCUT2D eigenvalue weighted by molar-refractivity contribution is 0.613. The molecule has 0 aromatic heterocycles. The third-order valence-corrected chi connectivity index (χ3v) is 2.64. The van der Waals surface area contributed by atoms with Gasteiger partial charge in [-0.05, 0) is 32.0 Å².